The van der Waals surface area contributed by atoms with E-state index in [0.717, 1.165) is 45.1 Å². The summed E-state index contributed by atoms with van der Waals surface area (Å²) in [7, 11) is 0. The first-order chi connectivity index (χ1) is 10.6. The Kier molecular flexibility index (Phi) is 4.59. The van der Waals surface area contributed by atoms with Gasteiger partial charge in [-0.05, 0) is 26.0 Å². The summed E-state index contributed by atoms with van der Waals surface area (Å²) in [5.74, 6) is 0.989. The number of carbonyl (C=O) groups is 1. The molecule has 0 spiro atoms. The van der Waals surface area contributed by atoms with E-state index in [4.69, 9.17) is 4.74 Å². The number of carbonyl (C=O) groups excluding carboxylic acids is 1. The maximum absolute atomic E-state index is 12.4. The lowest BCUT2D eigenvalue weighted by atomic mass is 10.2. The number of morpholine rings is 1. The Morgan fingerprint density at radius 2 is 1.91 bits per heavy atom. The predicted molar refractivity (Wildman–Crippen MR) is 85.2 cm³/mol. The van der Waals surface area contributed by atoms with E-state index in [2.05, 4.69) is 29.0 Å². The van der Waals surface area contributed by atoms with Crippen molar-refractivity contribution in [3.05, 3.63) is 23.9 Å². The second-order valence-electron chi connectivity index (χ2n) is 6.11. The smallest absolute Gasteiger partial charge is 0.255 e. The van der Waals surface area contributed by atoms with Crippen molar-refractivity contribution in [1.29, 1.82) is 0 Å². The summed E-state index contributed by atoms with van der Waals surface area (Å²) in [6.07, 6.45) is 2.10. The molecule has 6 heteroatoms. The van der Waals surface area contributed by atoms with Gasteiger partial charge in [-0.15, -0.1) is 0 Å². The minimum atomic E-state index is 0.0734. The van der Waals surface area contributed by atoms with Crippen molar-refractivity contribution < 1.29 is 9.53 Å². The topological polar surface area (TPSA) is 57.7 Å². The van der Waals surface area contributed by atoms with Crippen LogP contribution in [0.25, 0.3) is 0 Å². The third kappa shape index (κ3) is 3.39. The number of nitrogens with zero attached hydrogens (tertiary/aromatic N) is 3. The molecule has 22 heavy (non-hydrogen) atoms. The molecule has 0 bridgehead atoms. The molecule has 1 N–H and O–H groups in total. The molecule has 0 aromatic carbocycles. The van der Waals surface area contributed by atoms with Crippen LogP contribution in [-0.4, -0.2) is 67.3 Å². The average molecular weight is 304 g/mol. The summed E-state index contributed by atoms with van der Waals surface area (Å²) < 4.78 is 5.74. The maximum atomic E-state index is 12.4. The lowest BCUT2D eigenvalue weighted by Crippen LogP contribution is -2.46. The zero-order chi connectivity index (χ0) is 15.5. The lowest BCUT2D eigenvalue weighted by Gasteiger charge is -2.36. The van der Waals surface area contributed by atoms with Gasteiger partial charge in [-0.25, -0.2) is 4.98 Å². The summed E-state index contributed by atoms with van der Waals surface area (Å²) in [5.41, 5.74) is 0.667. The highest BCUT2D eigenvalue weighted by Gasteiger charge is 2.24. The van der Waals surface area contributed by atoms with E-state index in [1.54, 1.807) is 6.20 Å². The molecule has 2 fully saturated rings. The van der Waals surface area contributed by atoms with Crippen LogP contribution in [0, 0.1) is 0 Å². The van der Waals surface area contributed by atoms with E-state index in [-0.39, 0.29) is 18.1 Å². The normalized spacial score (nSPS) is 26.1. The largest absolute Gasteiger partial charge is 0.372 e. The van der Waals surface area contributed by atoms with Crippen molar-refractivity contribution in [2.45, 2.75) is 26.1 Å². The quantitative estimate of drug-likeness (QED) is 0.873. The Morgan fingerprint density at radius 1 is 1.23 bits per heavy atom. The molecule has 3 rings (SSSR count). The highest BCUT2D eigenvalue weighted by Crippen LogP contribution is 2.18. The van der Waals surface area contributed by atoms with E-state index in [9.17, 15) is 4.79 Å². The molecule has 1 amide bonds. The Balaban J connectivity index is 1.68. The third-order valence-electron chi connectivity index (χ3n) is 4.14. The van der Waals surface area contributed by atoms with E-state index < -0.39 is 0 Å². The monoisotopic (exact) mass is 304 g/mol. The number of pyridine rings is 1. The first-order valence-electron chi connectivity index (χ1n) is 8.00. The van der Waals surface area contributed by atoms with Crippen LogP contribution in [0.3, 0.4) is 0 Å². The van der Waals surface area contributed by atoms with Crippen LogP contribution in [0.15, 0.2) is 18.3 Å². The number of anilines is 1. The first kappa shape index (κ1) is 15.2. The molecule has 6 nitrogen and oxygen atoms in total. The molecule has 0 radical (unpaired) electrons. The zero-order valence-electron chi connectivity index (χ0n) is 13.3. The van der Waals surface area contributed by atoms with Gasteiger partial charge >= 0.3 is 0 Å². The van der Waals surface area contributed by atoms with Gasteiger partial charge in [0.2, 0.25) is 0 Å². The first-order valence-corrected chi connectivity index (χ1v) is 8.00. The van der Waals surface area contributed by atoms with Crippen LogP contribution in [0.4, 0.5) is 5.82 Å². The van der Waals surface area contributed by atoms with Crippen LogP contribution < -0.4 is 10.2 Å². The maximum Gasteiger partial charge on any atom is 0.255 e. The van der Waals surface area contributed by atoms with Gasteiger partial charge in [-0.3, -0.25) is 4.79 Å². The van der Waals surface area contributed by atoms with Gasteiger partial charge in [0.25, 0.3) is 5.91 Å². The highest BCUT2D eigenvalue weighted by atomic mass is 16.5. The van der Waals surface area contributed by atoms with Gasteiger partial charge in [0.1, 0.15) is 5.82 Å². The molecule has 3 heterocycles. The number of hydrogen-bond acceptors (Lipinski definition) is 5. The molecular weight excluding hydrogens is 280 g/mol. The second kappa shape index (κ2) is 6.62. The summed E-state index contributed by atoms with van der Waals surface area (Å²) in [4.78, 5) is 21.0. The summed E-state index contributed by atoms with van der Waals surface area (Å²) in [6.45, 7) is 9.07. The van der Waals surface area contributed by atoms with Crippen molar-refractivity contribution >= 4 is 11.7 Å². The number of hydrogen-bond donors (Lipinski definition) is 1. The van der Waals surface area contributed by atoms with Crippen molar-refractivity contribution in [1.82, 2.24) is 15.2 Å². The molecular formula is C16H24N4O2. The fourth-order valence-electron chi connectivity index (χ4n) is 3.12. The highest BCUT2D eigenvalue weighted by molar-refractivity contribution is 5.94. The number of amides is 1. The van der Waals surface area contributed by atoms with Crippen molar-refractivity contribution in [3.63, 3.8) is 0 Å². The molecule has 120 valence electrons. The van der Waals surface area contributed by atoms with E-state index in [0.29, 0.717) is 5.56 Å². The predicted octanol–water partition coefficient (Wildman–Crippen LogP) is 0.741. The number of ether oxygens (including phenoxy) is 1. The second-order valence-corrected chi connectivity index (χ2v) is 6.11. The molecule has 0 aliphatic carbocycles. The van der Waals surface area contributed by atoms with E-state index >= 15 is 0 Å². The Labute approximate surface area is 131 Å². The summed E-state index contributed by atoms with van der Waals surface area (Å²) in [5, 5.41) is 3.25. The number of piperazine rings is 1. The van der Waals surface area contributed by atoms with Crippen LogP contribution in [0.5, 0.6) is 0 Å². The Bertz CT molecular complexity index is 503. The molecule has 1 aromatic heterocycles. The molecule has 2 aliphatic rings. The van der Waals surface area contributed by atoms with Crippen LogP contribution in [0.2, 0.25) is 0 Å². The molecule has 1 aromatic rings. The fraction of sp³-hybridized carbons (Fsp3) is 0.625. The molecule has 2 atom stereocenters. The molecule has 0 unspecified atom stereocenters. The van der Waals surface area contributed by atoms with Gasteiger partial charge in [0.15, 0.2) is 0 Å². The van der Waals surface area contributed by atoms with Gasteiger partial charge < -0.3 is 19.9 Å². The van der Waals surface area contributed by atoms with Gasteiger partial charge in [0, 0.05) is 45.5 Å². The third-order valence-corrected chi connectivity index (χ3v) is 4.14. The summed E-state index contributed by atoms with van der Waals surface area (Å²) in [6, 6.07) is 3.83. The number of aromatic nitrogens is 1. The van der Waals surface area contributed by atoms with Crippen molar-refractivity contribution in [2.75, 3.05) is 44.2 Å². The van der Waals surface area contributed by atoms with Crippen molar-refractivity contribution in [3.8, 4) is 0 Å². The fourth-order valence-corrected chi connectivity index (χ4v) is 3.12. The Morgan fingerprint density at radius 3 is 2.50 bits per heavy atom. The lowest BCUT2D eigenvalue weighted by molar-refractivity contribution is -0.00546. The number of rotatable bonds is 2. The minimum absolute atomic E-state index is 0.0734. The average Bonchev–Trinajstić information content (AvgIpc) is 2.54. The van der Waals surface area contributed by atoms with Gasteiger partial charge in [-0.2, -0.15) is 0 Å². The van der Waals surface area contributed by atoms with Crippen molar-refractivity contribution in [2.24, 2.45) is 0 Å². The molecule has 2 aliphatic heterocycles. The van der Waals surface area contributed by atoms with Crippen LogP contribution in [-0.2, 0) is 4.74 Å². The van der Waals surface area contributed by atoms with Gasteiger partial charge in [0.05, 0.1) is 17.8 Å². The van der Waals surface area contributed by atoms with Crippen LogP contribution in [0.1, 0.15) is 24.2 Å². The van der Waals surface area contributed by atoms with Crippen LogP contribution >= 0.6 is 0 Å². The number of nitrogens with one attached hydrogen (secondary N) is 1. The van der Waals surface area contributed by atoms with E-state index in [1.165, 1.54) is 0 Å². The standard InChI is InChI=1S/C16H24N4O2/c1-12-10-20(11-13(2)22-12)15-4-3-14(9-18-15)16(21)19-7-5-17-6-8-19/h3-4,9,12-13,17H,5-8,10-11H2,1-2H3/t12-,13-/m1/s1. The summed E-state index contributed by atoms with van der Waals surface area (Å²) >= 11 is 0. The SMILES string of the molecule is C[C@@H]1CN(c2ccc(C(=O)N3CCNCC3)cn2)C[C@@H](C)O1. The van der Waals surface area contributed by atoms with Gasteiger partial charge in [-0.1, -0.05) is 0 Å². The van der Waals surface area contributed by atoms with E-state index in [1.807, 2.05) is 17.0 Å². The molecule has 2 saturated heterocycles. The Hall–Kier alpha value is -1.66. The molecule has 0 saturated carbocycles. The minimum Gasteiger partial charge on any atom is -0.372 e. The zero-order valence-corrected chi connectivity index (χ0v) is 13.3.